The molecule has 0 radical (unpaired) electrons. The zero-order valence-electron chi connectivity index (χ0n) is 10.1. The molecule has 1 heterocycles. The monoisotopic (exact) mass is 246 g/mol. The van der Waals surface area contributed by atoms with Crippen molar-refractivity contribution in [2.45, 2.75) is 13.0 Å². The Kier molecular flexibility index (Phi) is 4.83. The van der Waals surface area contributed by atoms with E-state index in [0.29, 0.717) is 0 Å². The lowest BCUT2D eigenvalue weighted by Crippen LogP contribution is -2.15. The minimum atomic E-state index is 0.905. The van der Waals surface area contributed by atoms with Gasteiger partial charge in [0.15, 0.2) is 0 Å². The minimum absolute atomic E-state index is 0.905. The van der Waals surface area contributed by atoms with Crippen molar-refractivity contribution in [1.29, 1.82) is 0 Å². The minimum Gasteiger partial charge on any atom is -0.313 e. The summed E-state index contributed by atoms with van der Waals surface area (Å²) in [5.41, 5.74) is 1.28. The molecule has 1 aromatic heterocycles. The van der Waals surface area contributed by atoms with Gasteiger partial charge in [0.25, 0.3) is 0 Å². The van der Waals surface area contributed by atoms with Gasteiger partial charge in [-0.2, -0.15) is 11.8 Å². The predicted octanol–water partition coefficient (Wildman–Crippen LogP) is 3.08. The van der Waals surface area contributed by atoms with E-state index in [1.54, 1.807) is 0 Å². The molecule has 0 aliphatic heterocycles. The van der Waals surface area contributed by atoms with Crippen LogP contribution in [0.4, 0.5) is 0 Å². The molecule has 90 valence electrons. The lowest BCUT2D eigenvalue weighted by Gasteiger charge is -2.07. The second-order valence-electron chi connectivity index (χ2n) is 4.04. The average Bonchev–Trinajstić information content (AvgIpc) is 2.39. The normalized spacial score (nSPS) is 10.9. The van der Waals surface area contributed by atoms with Gasteiger partial charge in [0.05, 0.1) is 0 Å². The number of hydrogen-bond donors (Lipinski definition) is 1. The van der Waals surface area contributed by atoms with E-state index in [1.807, 2.05) is 24.2 Å². The van der Waals surface area contributed by atoms with Gasteiger partial charge < -0.3 is 5.32 Å². The van der Waals surface area contributed by atoms with Gasteiger partial charge in [-0.05, 0) is 35.9 Å². The number of nitrogens with zero attached hydrogens (tertiary/aromatic N) is 1. The number of benzene rings is 1. The van der Waals surface area contributed by atoms with E-state index in [2.05, 4.69) is 40.8 Å². The lowest BCUT2D eigenvalue weighted by molar-refractivity contribution is 0.680. The summed E-state index contributed by atoms with van der Waals surface area (Å²) in [5.74, 6) is 1.22. The van der Waals surface area contributed by atoms with Crippen molar-refractivity contribution in [2.24, 2.45) is 0 Å². The van der Waals surface area contributed by atoms with Gasteiger partial charge in [0, 0.05) is 24.3 Å². The molecule has 1 aromatic carbocycles. The summed E-state index contributed by atoms with van der Waals surface area (Å²) in [4.78, 5) is 4.28. The molecule has 2 nitrogen and oxygen atoms in total. The molecule has 0 aliphatic rings. The SMILES string of the molecule is CSCCCNCc1cncc2ccccc12. The summed E-state index contributed by atoms with van der Waals surface area (Å²) in [6.45, 7) is 1.98. The maximum atomic E-state index is 4.28. The number of nitrogens with one attached hydrogen (secondary N) is 1. The molecule has 0 saturated heterocycles. The van der Waals surface area contributed by atoms with Crippen molar-refractivity contribution in [3.8, 4) is 0 Å². The van der Waals surface area contributed by atoms with Crippen molar-refractivity contribution in [2.75, 3.05) is 18.6 Å². The lowest BCUT2D eigenvalue weighted by atomic mass is 10.1. The largest absolute Gasteiger partial charge is 0.313 e. The maximum absolute atomic E-state index is 4.28. The van der Waals surface area contributed by atoms with Crippen LogP contribution in [0.2, 0.25) is 0 Å². The molecule has 0 saturated carbocycles. The van der Waals surface area contributed by atoms with Gasteiger partial charge in [0.1, 0.15) is 0 Å². The number of fused-ring (bicyclic) bond motifs is 1. The molecule has 17 heavy (non-hydrogen) atoms. The second-order valence-corrected chi connectivity index (χ2v) is 5.03. The highest BCUT2D eigenvalue weighted by molar-refractivity contribution is 7.98. The molecule has 0 aliphatic carbocycles. The Labute approximate surface area is 107 Å². The molecule has 2 rings (SSSR count). The summed E-state index contributed by atoms with van der Waals surface area (Å²) in [6, 6.07) is 8.41. The summed E-state index contributed by atoms with van der Waals surface area (Å²) < 4.78 is 0. The zero-order chi connectivity index (χ0) is 11.9. The topological polar surface area (TPSA) is 24.9 Å². The van der Waals surface area contributed by atoms with Crippen molar-refractivity contribution >= 4 is 22.5 Å². The third-order valence-electron chi connectivity index (χ3n) is 2.77. The summed E-state index contributed by atoms with van der Waals surface area (Å²) in [6.07, 6.45) is 7.25. The summed E-state index contributed by atoms with van der Waals surface area (Å²) in [5, 5.41) is 6.00. The van der Waals surface area contributed by atoms with Crippen molar-refractivity contribution < 1.29 is 0 Å². The van der Waals surface area contributed by atoms with Crippen LogP contribution >= 0.6 is 11.8 Å². The molecule has 0 spiro atoms. The van der Waals surface area contributed by atoms with Crippen LogP contribution in [0.5, 0.6) is 0 Å². The van der Waals surface area contributed by atoms with Crippen LogP contribution in [-0.2, 0) is 6.54 Å². The summed E-state index contributed by atoms with van der Waals surface area (Å²) in [7, 11) is 0. The smallest absolute Gasteiger partial charge is 0.0346 e. The predicted molar refractivity (Wildman–Crippen MR) is 76.4 cm³/mol. The third kappa shape index (κ3) is 3.45. The second kappa shape index (κ2) is 6.62. The van der Waals surface area contributed by atoms with Crippen LogP contribution < -0.4 is 5.32 Å². The Morgan fingerprint density at radius 1 is 1.24 bits per heavy atom. The van der Waals surface area contributed by atoms with E-state index in [0.717, 1.165) is 13.1 Å². The average molecular weight is 246 g/mol. The number of hydrogen-bond acceptors (Lipinski definition) is 3. The Morgan fingerprint density at radius 3 is 3.00 bits per heavy atom. The van der Waals surface area contributed by atoms with E-state index in [-0.39, 0.29) is 0 Å². The van der Waals surface area contributed by atoms with Gasteiger partial charge in [0.2, 0.25) is 0 Å². The Morgan fingerprint density at radius 2 is 2.12 bits per heavy atom. The van der Waals surface area contributed by atoms with Crippen LogP contribution in [-0.4, -0.2) is 23.5 Å². The Balaban J connectivity index is 1.98. The van der Waals surface area contributed by atoms with Gasteiger partial charge in [-0.25, -0.2) is 0 Å². The number of pyridine rings is 1. The highest BCUT2D eigenvalue weighted by Crippen LogP contribution is 2.16. The molecule has 2 aromatic rings. The molecule has 0 fully saturated rings. The van der Waals surface area contributed by atoms with E-state index in [4.69, 9.17) is 0 Å². The first-order valence-electron chi connectivity index (χ1n) is 5.93. The fourth-order valence-corrected chi connectivity index (χ4v) is 2.32. The van der Waals surface area contributed by atoms with E-state index in [9.17, 15) is 0 Å². The van der Waals surface area contributed by atoms with Crippen molar-refractivity contribution in [3.63, 3.8) is 0 Å². The van der Waals surface area contributed by atoms with Crippen LogP contribution in [0, 0.1) is 0 Å². The number of rotatable bonds is 6. The van der Waals surface area contributed by atoms with Crippen molar-refractivity contribution in [1.82, 2.24) is 10.3 Å². The standard InChI is InChI=1S/C14H18N2S/c1-17-8-4-7-15-10-13-11-16-9-12-5-2-3-6-14(12)13/h2-3,5-6,9,11,15H,4,7-8,10H2,1H3. The molecule has 3 heteroatoms. The maximum Gasteiger partial charge on any atom is 0.0346 e. The van der Waals surface area contributed by atoms with Gasteiger partial charge in [-0.15, -0.1) is 0 Å². The van der Waals surface area contributed by atoms with Crippen LogP contribution in [0.25, 0.3) is 10.8 Å². The fraction of sp³-hybridized carbons (Fsp3) is 0.357. The molecular weight excluding hydrogens is 228 g/mol. The van der Waals surface area contributed by atoms with E-state index >= 15 is 0 Å². The highest BCUT2D eigenvalue weighted by Gasteiger charge is 1.99. The fourth-order valence-electron chi connectivity index (χ4n) is 1.88. The van der Waals surface area contributed by atoms with Gasteiger partial charge in [-0.1, -0.05) is 24.3 Å². The Hall–Kier alpha value is -1.06. The molecule has 0 atom stereocenters. The van der Waals surface area contributed by atoms with E-state index < -0.39 is 0 Å². The number of thioether (sulfide) groups is 1. The molecule has 0 unspecified atom stereocenters. The van der Waals surface area contributed by atoms with Crippen LogP contribution in [0.1, 0.15) is 12.0 Å². The first-order valence-corrected chi connectivity index (χ1v) is 7.32. The van der Waals surface area contributed by atoms with Crippen LogP contribution in [0.3, 0.4) is 0 Å². The summed E-state index contributed by atoms with van der Waals surface area (Å²) >= 11 is 1.90. The van der Waals surface area contributed by atoms with Crippen molar-refractivity contribution in [3.05, 3.63) is 42.2 Å². The van der Waals surface area contributed by atoms with E-state index in [1.165, 1.54) is 28.5 Å². The first kappa shape index (κ1) is 12.4. The van der Waals surface area contributed by atoms with Crippen LogP contribution in [0.15, 0.2) is 36.7 Å². The quantitative estimate of drug-likeness (QED) is 0.793. The third-order valence-corrected chi connectivity index (χ3v) is 3.47. The zero-order valence-corrected chi connectivity index (χ0v) is 11.0. The Bertz CT molecular complexity index is 465. The number of aromatic nitrogens is 1. The van der Waals surface area contributed by atoms with Gasteiger partial charge >= 0.3 is 0 Å². The highest BCUT2D eigenvalue weighted by atomic mass is 32.2. The molecule has 1 N–H and O–H groups in total. The molecular formula is C14H18N2S. The molecule has 0 amide bonds. The van der Waals surface area contributed by atoms with Gasteiger partial charge in [-0.3, -0.25) is 4.98 Å². The molecule has 0 bridgehead atoms. The first-order chi connectivity index (χ1) is 8.42.